The third kappa shape index (κ3) is 2.94. The molecule has 19 heavy (non-hydrogen) atoms. The lowest BCUT2D eigenvalue weighted by Crippen LogP contribution is -2.05. The van der Waals surface area contributed by atoms with Gasteiger partial charge in [0.15, 0.2) is 10.9 Å². The van der Waals surface area contributed by atoms with E-state index in [0.29, 0.717) is 6.54 Å². The van der Waals surface area contributed by atoms with Crippen molar-refractivity contribution >= 4 is 17.6 Å². The topological polar surface area (TPSA) is 70.1 Å². The fraction of sp³-hybridized carbons (Fsp3) is 0.231. The monoisotopic (exact) mass is 279 g/mol. The molecule has 0 amide bonds. The van der Waals surface area contributed by atoms with Gasteiger partial charge in [-0.3, -0.25) is 4.79 Å². The molecule has 0 spiro atoms. The van der Waals surface area contributed by atoms with Gasteiger partial charge >= 0.3 is 5.97 Å². The number of carbonyl (C=O) groups is 1. The van der Waals surface area contributed by atoms with Crippen LogP contribution in [0.5, 0.6) is 5.75 Å². The molecule has 2 N–H and O–H groups in total. The quantitative estimate of drug-likeness (QED) is 0.872. The first-order valence-corrected chi connectivity index (χ1v) is 6.27. The average molecular weight is 280 g/mol. The van der Waals surface area contributed by atoms with Gasteiger partial charge in [-0.25, -0.2) is 4.68 Å². The Morgan fingerprint density at radius 2 is 2.32 bits per heavy atom. The fourth-order valence-electron chi connectivity index (χ4n) is 1.58. The van der Waals surface area contributed by atoms with Gasteiger partial charge in [0.25, 0.3) is 0 Å². The Labute approximate surface area is 115 Å². The molecule has 6 heteroatoms. The largest absolute Gasteiger partial charge is 0.421 e. The molecule has 0 fully saturated rings. The maximum absolute atomic E-state index is 11.2. The highest BCUT2D eigenvalue weighted by molar-refractivity contribution is 6.31. The summed E-state index contributed by atoms with van der Waals surface area (Å²) in [6.07, 6.45) is 1.70. The Morgan fingerprint density at radius 1 is 1.53 bits per heavy atom. The van der Waals surface area contributed by atoms with Crippen molar-refractivity contribution < 1.29 is 9.53 Å². The Morgan fingerprint density at radius 3 is 3.00 bits per heavy atom. The van der Waals surface area contributed by atoms with E-state index in [0.717, 1.165) is 11.3 Å². The van der Waals surface area contributed by atoms with E-state index in [4.69, 9.17) is 22.1 Å². The fourth-order valence-corrected chi connectivity index (χ4v) is 1.81. The Kier molecular flexibility index (Phi) is 4.19. The summed E-state index contributed by atoms with van der Waals surface area (Å²) in [6.45, 7) is 2.15. The number of hydrogen-bond donors (Lipinski definition) is 1. The van der Waals surface area contributed by atoms with E-state index < -0.39 is 0 Å². The number of benzene rings is 1. The minimum atomic E-state index is -0.350. The molecule has 2 rings (SSSR count). The van der Waals surface area contributed by atoms with Crippen LogP contribution >= 0.6 is 11.6 Å². The van der Waals surface area contributed by atoms with Crippen LogP contribution in [0.1, 0.15) is 18.9 Å². The molecule has 0 saturated carbocycles. The summed E-state index contributed by atoms with van der Waals surface area (Å²) in [6, 6.07) is 7.51. The molecular weight excluding hydrogens is 266 g/mol. The minimum absolute atomic E-state index is 0.256. The van der Waals surface area contributed by atoms with Crippen LogP contribution in [0.4, 0.5) is 0 Å². The van der Waals surface area contributed by atoms with Crippen LogP contribution in [0.25, 0.3) is 5.69 Å². The normalized spacial score (nSPS) is 10.5. The molecule has 0 aliphatic rings. The highest BCUT2D eigenvalue weighted by Gasteiger charge is 2.14. The van der Waals surface area contributed by atoms with E-state index >= 15 is 0 Å². The van der Waals surface area contributed by atoms with Crippen LogP contribution in [0.15, 0.2) is 30.5 Å². The zero-order valence-corrected chi connectivity index (χ0v) is 11.2. The van der Waals surface area contributed by atoms with Gasteiger partial charge in [-0.2, -0.15) is 5.10 Å². The predicted octanol–water partition coefficient (Wildman–Crippen LogP) is 2.30. The zero-order valence-electron chi connectivity index (χ0n) is 10.5. The molecule has 2 aromatic rings. The summed E-state index contributed by atoms with van der Waals surface area (Å²) in [5.74, 6) is -0.0937. The van der Waals surface area contributed by atoms with Gasteiger partial charge in [0.2, 0.25) is 0 Å². The highest BCUT2D eigenvalue weighted by atomic mass is 35.5. The smallest absolute Gasteiger partial charge is 0.311 e. The Hall–Kier alpha value is -1.85. The van der Waals surface area contributed by atoms with Gasteiger partial charge in [-0.15, -0.1) is 0 Å². The van der Waals surface area contributed by atoms with Gasteiger partial charge in [-0.1, -0.05) is 30.7 Å². The molecule has 0 unspecified atom stereocenters. The van der Waals surface area contributed by atoms with Crippen molar-refractivity contribution in [3.8, 4) is 11.4 Å². The summed E-state index contributed by atoms with van der Waals surface area (Å²) < 4.78 is 6.57. The van der Waals surface area contributed by atoms with Crippen LogP contribution in [-0.4, -0.2) is 15.7 Å². The second-order valence-corrected chi connectivity index (χ2v) is 4.27. The van der Waals surface area contributed by atoms with Crippen molar-refractivity contribution in [2.75, 3.05) is 0 Å². The number of ether oxygens (including phenoxy) is 1. The lowest BCUT2D eigenvalue weighted by Gasteiger charge is -2.05. The van der Waals surface area contributed by atoms with Crippen LogP contribution < -0.4 is 10.5 Å². The number of halogens is 1. The molecule has 0 saturated heterocycles. The maximum atomic E-state index is 11.2. The van der Waals surface area contributed by atoms with E-state index in [1.807, 2.05) is 24.3 Å². The predicted molar refractivity (Wildman–Crippen MR) is 72.4 cm³/mol. The molecule has 0 bridgehead atoms. The lowest BCUT2D eigenvalue weighted by molar-refractivity contribution is -0.134. The summed E-state index contributed by atoms with van der Waals surface area (Å²) >= 11 is 6.15. The van der Waals surface area contributed by atoms with E-state index in [-0.39, 0.29) is 23.3 Å². The van der Waals surface area contributed by atoms with Crippen LogP contribution in [0.3, 0.4) is 0 Å². The number of hydrogen-bond acceptors (Lipinski definition) is 4. The van der Waals surface area contributed by atoms with Crippen molar-refractivity contribution in [2.45, 2.75) is 19.9 Å². The molecule has 0 aliphatic carbocycles. The summed E-state index contributed by atoms with van der Waals surface area (Å²) in [5, 5.41) is 4.38. The van der Waals surface area contributed by atoms with Crippen molar-refractivity contribution in [3.05, 3.63) is 41.2 Å². The van der Waals surface area contributed by atoms with Crippen LogP contribution in [0, 0.1) is 0 Å². The molecule has 5 nitrogen and oxygen atoms in total. The molecule has 1 heterocycles. The SMILES string of the molecule is CCC(=O)Oc1cnn(-c2cccc(CN)c2)c1Cl. The first-order valence-electron chi connectivity index (χ1n) is 5.89. The molecule has 1 aromatic heterocycles. The molecule has 100 valence electrons. The number of aromatic nitrogens is 2. The van der Waals surface area contributed by atoms with Gasteiger partial charge in [0.1, 0.15) is 0 Å². The number of nitrogens with two attached hydrogens (primary N) is 1. The summed E-state index contributed by atoms with van der Waals surface area (Å²) in [7, 11) is 0. The number of esters is 1. The summed E-state index contributed by atoms with van der Waals surface area (Å²) in [5.41, 5.74) is 7.33. The number of nitrogens with zero attached hydrogens (tertiary/aromatic N) is 2. The second kappa shape index (κ2) is 5.86. The van der Waals surface area contributed by atoms with Crippen LogP contribution in [0.2, 0.25) is 5.15 Å². The first kappa shape index (κ1) is 13.6. The van der Waals surface area contributed by atoms with Gasteiger partial charge in [0.05, 0.1) is 11.9 Å². The molecule has 0 atom stereocenters. The van der Waals surface area contributed by atoms with Crippen molar-refractivity contribution in [1.82, 2.24) is 9.78 Å². The summed E-state index contributed by atoms with van der Waals surface area (Å²) in [4.78, 5) is 11.2. The molecule has 1 aromatic carbocycles. The maximum Gasteiger partial charge on any atom is 0.311 e. The zero-order chi connectivity index (χ0) is 13.8. The lowest BCUT2D eigenvalue weighted by atomic mass is 10.2. The van der Waals surface area contributed by atoms with E-state index in [1.54, 1.807) is 6.92 Å². The molecule has 0 radical (unpaired) electrons. The van der Waals surface area contributed by atoms with Gasteiger partial charge in [-0.05, 0) is 17.7 Å². The van der Waals surface area contributed by atoms with Crippen molar-refractivity contribution in [2.24, 2.45) is 5.73 Å². The van der Waals surface area contributed by atoms with Gasteiger partial charge < -0.3 is 10.5 Å². The van der Waals surface area contributed by atoms with Gasteiger partial charge in [0, 0.05) is 13.0 Å². The second-order valence-electron chi connectivity index (χ2n) is 3.91. The Bertz CT molecular complexity index is 595. The standard InChI is InChI=1S/C13H14ClN3O2/c1-2-12(18)19-11-8-16-17(13(11)14)10-5-3-4-9(6-10)7-15/h3-6,8H,2,7,15H2,1H3. The van der Waals surface area contributed by atoms with E-state index in [9.17, 15) is 4.79 Å². The first-order chi connectivity index (χ1) is 9.15. The highest BCUT2D eigenvalue weighted by Crippen LogP contribution is 2.27. The average Bonchev–Trinajstić information content (AvgIpc) is 2.80. The Balaban J connectivity index is 2.33. The van der Waals surface area contributed by atoms with Crippen molar-refractivity contribution in [3.63, 3.8) is 0 Å². The number of rotatable bonds is 4. The molecular formula is C13H14ClN3O2. The third-order valence-corrected chi connectivity index (χ3v) is 2.93. The molecule has 0 aliphatic heterocycles. The minimum Gasteiger partial charge on any atom is -0.421 e. The number of carbonyl (C=O) groups excluding carboxylic acids is 1. The van der Waals surface area contributed by atoms with Crippen LogP contribution in [-0.2, 0) is 11.3 Å². The third-order valence-electron chi connectivity index (χ3n) is 2.58. The van der Waals surface area contributed by atoms with Crippen molar-refractivity contribution in [1.29, 1.82) is 0 Å². The van der Waals surface area contributed by atoms with E-state index in [1.165, 1.54) is 10.9 Å². The van der Waals surface area contributed by atoms with E-state index in [2.05, 4.69) is 5.10 Å².